The molecule has 0 spiro atoms. The Balaban J connectivity index is 1.51. The van der Waals surface area contributed by atoms with Crippen LogP contribution in [0, 0.1) is 13.8 Å². The summed E-state index contributed by atoms with van der Waals surface area (Å²) in [5, 5.41) is 13.6. The minimum atomic E-state index is -0.390. The fourth-order valence-corrected chi connectivity index (χ4v) is 5.18. The molecule has 37 heavy (non-hydrogen) atoms. The maximum absolute atomic E-state index is 13.5. The summed E-state index contributed by atoms with van der Waals surface area (Å²) in [6, 6.07) is 13.9. The number of ether oxygens (including phenoxy) is 2. The van der Waals surface area contributed by atoms with E-state index in [2.05, 4.69) is 61.5 Å². The number of aryl methyl sites for hydroxylation is 2. The third kappa shape index (κ3) is 5.07. The highest BCUT2D eigenvalue weighted by molar-refractivity contribution is 5.83. The second kappa shape index (κ2) is 10.7. The number of methoxy groups -OCH3 is 2. The van der Waals surface area contributed by atoms with E-state index < -0.39 is 0 Å². The van der Waals surface area contributed by atoms with Crippen molar-refractivity contribution in [2.24, 2.45) is 0 Å². The molecule has 1 atom stereocenters. The molecule has 2 aromatic carbocycles. The Bertz CT molecular complexity index is 1420. The van der Waals surface area contributed by atoms with Crippen molar-refractivity contribution in [1.29, 1.82) is 0 Å². The molecule has 10 nitrogen and oxygen atoms in total. The first kappa shape index (κ1) is 24.9. The van der Waals surface area contributed by atoms with Gasteiger partial charge in [0.15, 0.2) is 5.82 Å². The van der Waals surface area contributed by atoms with Crippen LogP contribution in [0.1, 0.15) is 28.6 Å². The molecule has 194 valence electrons. The predicted octanol–water partition coefficient (Wildman–Crippen LogP) is 2.70. The molecule has 0 bridgehead atoms. The Labute approximate surface area is 215 Å². The van der Waals surface area contributed by atoms with Gasteiger partial charge in [-0.1, -0.05) is 11.6 Å². The number of hydrogen-bond donors (Lipinski definition) is 1. The van der Waals surface area contributed by atoms with Crippen LogP contribution in [0.5, 0.6) is 5.75 Å². The highest BCUT2D eigenvalue weighted by Crippen LogP contribution is 2.30. The zero-order valence-corrected chi connectivity index (χ0v) is 21.8. The summed E-state index contributed by atoms with van der Waals surface area (Å²) in [7, 11) is 3.32. The fourth-order valence-electron chi connectivity index (χ4n) is 5.18. The normalized spacial score (nSPS) is 15.3. The van der Waals surface area contributed by atoms with Crippen LogP contribution in [0.4, 0.5) is 5.69 Å². The van der Waals surface area contributed by atoms with Crippen LogP contribution in [0.2, 0.25) is 0 Å². The van der Waals surface area contributed by atoms with Gasteiger partial charge in [0.05, 0.1) is 25.8 Å². The van der Waals surface area contributed by atoms with Crippen LogP contribution < -0.4 is 15.2 Å². The quantitative estimate of drug-likeness (QED) is 0.392. The van der Waals surface area contributed by atoms with E-state index in [9.17, 15) is 4.79 Å². The van der Waals surface area contributed by atoms with Gasteiger partial charge in [-0.2, -0.15) is 0 Å². The van der Waals surface area contributed by atoms with E-state index >= 15 is 0 Å². The summed E-state index contributed by atoms with van der Waals surface area (Å²) in [6.07, 6.45) is 0. The van der Waals surface area contributed by atoms with Gasteiger partial charge in [-0.15, -0.1) is 5.10 Å². The number of piperazine rings is 1. The minimum Gasteiger partial charge on any atom is -0.497 e. The Morgan fingerprint density at radius 2 is 1.78 bits per heavy atom. The van der Waals surface area contributed by atoms with Crippen molar-refractivity contribution in [2.45, 2.75) is 26.4 Å². The molecule has 1 N–H and O–H groups in total. The summed E-state index contributed by atoms with van der Waals surface area (Å²) in [5.41, 5.74) is 4.73. The first-order chi connectivity index (χ1) is 18.0. The van der Waals surface area contributed by atoms with E-state index in [1.165, 1.54) is 0 Å². The van der Waals surface area contributed by atoms with Crippen LogP contribution in [0.15, 0.2) is 47.3 Å². The van der Waals surface area contributed by atoms with E-state index in [1.54, 1.807) is 18.9 Å². The predicted molar refractivity (Wildman–Crippen MR) is 142 cm³/mol. The first-order valence-corrected chi connectivity index (χ1v) is 12.5. The minimum absolute atomic E-state index is 0.122. The monoisotopic (exact) mass is 503 g/mol. The summed E-state index contributed by atoms with van der Waals surface area (Å²) in [4.78, 5) is 21.3. The number of fused-ring (bicyclic) bond motifs is 1. The highest BCUT2D eigenvalue weighted by atomic mass is 16.5. The lowest BCUT2D eigenvalue weighted by molar-refractivity contribution is 0.171. The molecule has 0 aliphatic carbocycles. The number of tetrazole rings is 1. The maximum atomic E-state index is 13.5. The standard InChI is InChI=1S/C27H33N7O3/c1-18-15-19(2)24-20(16-18)17-23(27(35)28-24)25(26-29-30-31-34(26)13-14-36-3)33-11-9-32(10-12-33)21-5-7-22(37-4)8-6-21/h5-8,15-17,25H,9-14H2,1-4H3,(H,28,35). The number of aromatic amines is 1. The van der Waals surface area contributed by atoms with E-state index in [4.69, 9.17) is 9.47 Å². The highest BCUT2D eigenvalue weighted by Gasteiger charge is 2.32. The Morgan fingerprint density at radius 3 is 2.49 bits per heavy atom. The number of anilines is 1. The maximum Gasteiger partial charge on any atom is 0.253 e. The number of H-pyrrole nitrogens is 1. The largest absolute Gasteiger partial charge is 0.497 e. The third-order valence-corrected chi connectivity index (χ3v) is 7.05. The van der Waals surface area contributed by atoms with Crippen molar-refractivity contribution in [2.75, 3.05) is 51.9 Å². The molecule has 0 amide bonds. The summed E-state index contributed by atoms with van der Waals surface area (Å²) < 4.78 is 12.3. The number of pyridine rings is 1. The fraction of sp³-hybridized carbons (Fsp3) is 0.407. The topological polar surface area (TPSA) is 101 Å². The lowest BCUT2D eigenvalue weighted by Gasteiger charge is -2.39. The van der Waals surface area contributed by atoms with E-state index in [-0.39, 0.29) is 11.6 Å². The Kier molecular flexibility index (Phi) is 7.20. The van der Waals surface area contributed by atoms with Crippen molar-refractivity contribution >= 4 is 16.6 Å². The van der Waals surface area contributed by atoms with Gasteiger partial charge < -0.3 is 19.4 Å². The van der Waals surface area contributed by atoms with E-state index in [1.807, 2.05) is 25.1 Å². The van der Waals surface area contributed by atoms with Gasteiger partial charge in [-0.05, 0) is 71.6 Å². The van der Waals surface area contributed by atoms with Crippen molar-refractivity contribution in [3.05, 3.63) is 75.3 Å². The molecule has 1 aliphatic rings. The van der Waals surface area contributed by atoms with Crippen LogP contribution in [0.25, 0.3) is 10.9 Å². The molecule has 1 unspecified atom stereocenters. The number of nitrogens with one attached hydrogen (secondary N) is 1. The summed E-state index contributed by atoms with van der Waals surface area (Å²) in [6.45, 7) is 8.19. The van der Waals surface area contributed by atoms with E-state index in [0.29, 0.717) is 24.5 Å². The number of benzene rings is 2. The van der Waals surface area contributed by atoms with Crippen LogP contribution >= 0.6 is 0 Å². The van der Waals surface area contributed by atoms with Gasteiger partial charge >= 0.3 is 0 Å². The SMILES string of the molecule is COCCn1nnnc1C(c1cc2cc(C)cc(C)c2[nH]c1=O)N1CCN(c2ccc(OC)cc2)CC1. The van der Waals surface area contributed by atoms with Crippen molar-refractivity contribution in [1.82, 2.24) is 30.1 Å². The molecule has 2 aromatic heterocycles. The van der Waals surface area contributed by atoms with Gasteiger partial charge in [-0.3, -0.25) is 9.69 Å². The average molecular weight is 504 g/mol. The number of nitrogens with zero attached hydrogens (tertiary/aromatic N) is 6. The average Bonchev–Trinajstić information content (AvgIpc) is 3.37. The molecule has 4 aromatic rings. The van der Waals surface area contributed by atoms with E-state index in [0.717, 1.165) is 59.6 Å². The molecule has 1 saturated heterocycles. The number of rotatable bonds is 8. The van der Waals surface area contributed by atoms with Gasteiger partial charge in [0.1, 0.15) is 11.8 Å². The molecular weight excluding hydrogens is 470 g/mol. The second-order valence-corrected chi connectivity index (χ2v) is 9.48. The first-order valence-electron chi connectivity index (χ1n) is 12.5. The van der Waals surface area contributed by atoms with Crippen molar-refractivity contribution in [3.63, 3.8) is 0 Å². The molecule has 10 heteroatoms. The lowest BCUT2D eigenvalue weighted by Crippen LogP contribution is -2.49. The Morgan fingerprint density at radius 1 is 1.03 bits per heavy atom. The van der Waals surface area contributed by atoms with Gasteiger partial charge in [0, 0.05) is 44.5 Å². The van der Waals surface area contributed by atoms with Gasteiger partial charge in [0.2, 0.25) is 0 Å². The van der Waals surface area contributed by atoms with Crippen LogP contribution in [0.3, 0.4) is 0 Å². The summed E-state index contributed by atoms with van der Waals surface area (Å²) >= 11 is 0. The lowest BCUT2D eigenvalue weighted by atomic mass is 10.00. The molecule has 3 heterocycles. The molecule has 1 aliphatic heterocycles. The summed E-state index contributed by atoms with van der Waals surface area (Å²) in [5.74, 6) is 1.48. The van der Waals surface area contributed by atoms with Gasteiger partial charge in [-0.25, -0.2) is 4.68 Å². The third-order valence-electron chi connectivity index (χ3n) is 7.05. The van der Waals surface area contributed by atoms with Gasteiger partial charge in [0.25, 0.3) is 5.56 Å². The van der Waals surface area contributed by atoms with Crippen molar-refractivity contribution in [3.8, 4) is 5.75 Å². The zero-order chi connectivity index (χ0) is 25.9. The molecular formula is C27H33N7O3. The molecule has 0 radical (unpaired) electrons. The second-order valence-electron chi connectivity index (χ2n) is 9.48. The smallest absolute Gasteiger partial charge is 0.253 e. The van der Waals surface area contributed by atoms with Crippen LogP contribution in [-0.2, 0) is 11.3 Å². The number of hydrogen-bond acceptors (Lipinski definition) is 8. The van der Waals surface area contributed by atoms with Crippen molar-refractivity contribution < 1.29 is 9.47 Å². The number of aromatic nitrogens is 5. The molecule has 5 rings (SSSR count). The molecule has 0 saturated carbocycles. The molecule has 1 fully saturated rings. The van der Waals surface area contributed by atoms with Crippen LogP contribution in [-0.4, -0.2) is 77.1 Å². The Hall–Kier alpha value is -3.76. The zero-order valence-electron chi connectivity index (χ0n) is 21.8.